The number of nitrogens with one attached hydrogen (secondary N) is 1. The topological polar surface area (TPSA) is 55.1 Å². The SMILES string of the molecule is Cc1cccc(NC(=O)CCC(C)(C)N)c1F. The summed E-state index contributed by atoms with van der Waals surface area (Å²) in [5.41, 5.74) is 6.13. The van der Waals surface area contributed by atoms with Crippen LogP contribution in [0.1, 0.15) is 32.3 Å². The van der Waals surface area contributed by atoms with Crippen LogP contribution in [0.3, 0.4) is 0 Å². The summed E-state index contributed by atoms with van der Waals surface area (Å²) in [6, 6.07) is 4.92. The van der Waals surface area contributed by atoms with E-state index in [1.54, 1.807) is 25.1 Å². The standard InChI is InChI=1S/C13H19FN2O/c1-9-5-4-6-10(12(9)14)16-11(17)7-8-13(2,3)15/h4-6H,7-8,15H2,1-3H3,(H,16,17). The van der Waals surface area contributed by atoms with E-state index in [0.29, 0.717) is 12.0 Å². The van der Waals surface area contributed by atoms with E-state index in [9.17, 15) is 9.18 Å². The van der Waals surface area contributed by atoms with Gasteiger partial charge < -0.3 is 11.1 Å². The van der Waals surface area contributed by atoms with Crippen molar-refractivity contribution in [3.05, 3.63) is 29.6 Å². The molecule has 0 aliphatic rings. The molecule has 1 rings (SSSR count). The number of rotatable bonds is 4. The Bertz CT molecular complexity index is 410. The van der Waals surface area contributed by atoms with Crippen LogP contribution in [-0.2, 0) is 4.79 Å². The maximum absolute atomic E-state index is 13.6. The van der Waals surface area contributed by atoms with Crippen LogP contribution in [0.5, 0.6) is 0 Å². The molecular weight excluding hydrogens is 219 g/mol. The van der Waals surface area contributed by atoms with Crippen molar-refractivity contribution in [2.75, 3.05) is 5.32 Å². The summed E-state index contributed by atoms with van der Waals surface area (Å²) in [5, 5.41) is 2.55. The maximum Gasteiger partial charge on any atom is 0.224 e. The third-order valence-electron chi connectivity index (χ3n) is 2.46. The van der Waals surface area contributed by atoms with Crippen molar-refractivity contribution in [3.63, 3.8) is 0 Å². The summed E-state index contributed by atoms with van der Waals surface area (Å²) >= 11 is 0. The minimum Gasteiger partial charge on any atom is -0.326 e. The Morgan fingerprint density at radius 1 is 1.47 bits per heavy atom. The second kappa shape index (κ2) is 5.27. The lowest BCUT2D eigenvalue weighted by atomic mass is 10.00. The molecule has 0 fully saturated rings. The van der Waals surface area contributed by atoms with E-state index in [-0.39, 0.29) is 29.4 Å². The molecule has 0 heterocycles. The number of hydrogen-bond acceptors (Lipinski definition) is 2. The minimum absolute atomic E-state index is 0.215. The Morgan fingerprint density at radius 3 is 2.71 bits per heavy atom. The molecule has 1 aromatic carbocycles. The van der Waals surface area contributed by atoms with Crippen molar-refractivity contribution < 1.29 is 9.18 Å². The van der Waals surface area contributed by atoms with E-state index >= 15 is 0 Å². The van der Waals surface area contributed by atoms with Crippen molar-refractivity contribution in [3.8, 4) is 0 Å². The Morgan fingerprint density at radius 2 is 2.12 bits per heavy atom. The van der Waals surface area contributed by atoms with Gasteiger partial charge in [-0.2, -0.15) is 0 Å². The molecule has 0 atom stereocenters. The molecule has 4 heteroatoms. The highest BCUT2D eigenvalue weighted by molar-refractivity contribution is 5.90. The van der Waals surface area contributed by atoms with E-state index in [1.807, 2.05) is 13.8 Å². The molecule has 3 N–H and O–H groups in total. The second-order valence-electron chi connectivity index (χ2n) is 4.97. The highest BCUT2D eigenvalue weighted by Crippen LogP contribution is 2.17. The molecule has 0 radical (unpaired) electrons. The molecule has 0 saturated heterocycles. The summed E-state index contributed by atoms with van der Waals surface area (Å²) in [4.78, 5) is 11.6. The van der Waals surface area contributed by atoms with Crippen molar-refractivity contribution in [1.29, 1.82) is 0 Å². The smallest absolute Gasteiger partial charge is 0.224 e. The van der Waals surface area contributed by atoms with E-state index in [0.717, 1.165) is 0 Å². The van der Waals surface area contributed by atoms with Gasteiger partial charge in [-0.25, -0.2) is 4.39 Å². The fourth-order valence-corrected chi connectivity index (χ4v) is 1.39. The normalized spacial score (nSPS) is 11.4. The number of benzene rings is 1. The lowest BCUT2D eigenvalue weighted by Crippen LogP contribution is -2.33. The van der Waals surface area contributed by atoms with Gasteiger partial charge in [0.15, 0.2) is 0 Å². The number of carbonyl (C=O) groups is 1. The Balaban J connectivity index is 2.60. The van der Waals surface area contributed by atoms with Gasteiger partial charge in [-0.3, -0.25) is 4.79 Å². The number of hydrogen-bond donors (Lipinski definition) is 2. The zero-order valence-electron chi connectivity index (χ0n) is 10.5. The predicted octanol–water partition coefficient (Wildman–Crippen LogP) is 2.59. The third-order valence-corrected chi connectivity index (χ3v) is 2.46. The molecule has 0 unspecified atom stereocenters. The quantitative estimate of drug-likeness (QED) is 0.847. The fourth-order valence-electron chi connectivity index (χ4n) is 1.39. The first-order valence-electron chi connectivity index (χ1n) is 5.63. The number of aryl methyl sites for hydroxylation is 1. The van der Waals surface area contributed by atoms with Crippen LogP contribution in [0.25, 0.3) is 0 Å². The zero-order valence-corrected chi connectivity index (χ0v) is 10.5. The first-order chi connectivity index (χ1) is 7.79. The van der Waals surface area contributed by atoms with Crippen LogP contribution in [0, 0.1) is 12.7 Å². The van der Waals surface area contributed by atoms with E-state index in [4.69, 9.17) is 5.73 Å². The monoisotopic (exact) mass is 238 g/mol. The van der Waals surface area contributed by atoms with Gasteiger partial charge in [0.25, 0.3) is 0 Å². The minimum atomic E-state index is -0.386. The maximum atomic E-state index is 13.6. The zero-order chi connectivity index (χ0) is 13.1. The molecule has 0 saturated carbocycles. The molecule has 0 aliphatic heterocycles. The van der Waals surface area contributed by atoms with Gasteiger partial charge in [0.2, 0.25) is 5.91 Å². The van der Waals surface area contributed by atoms with Crippen molar-refractivity contribution >= 4 is 11.6 Å². The van der Waals surface area contributed by atoms with Crippen molar-refractivity contribution in [1.82, 2.24) is 0 Å². The molecular formula is C13H19FN2O. The van der Waals surface area contributed by atoms with Crippen molar-refractivity contribution in [2.24, 2.45) is 5.73 Å². The largest absolute Gasteiger partial charge is 0.326 e. The number of anilines is 1. The molecule has 17 heavy (non-hydrogen) atoms. The van der Waals surface area contributed by atoms with Crippen LogP contribution >= 0.6 is 0 Å². The van der Waals surface area contributed by atoms with E-state index in [2.05, 4.69) is 5.32 Å². The number of amides is 1. The Labute approximate surface area is 101 Å². The molecule has 0 bridgehead atoms. The van der Waals surface area contributed by atoms with Gasteiger partial charge in [0.05, 0.1) is 5.69 Å². The summed E-state index contributed by atoms with van der Waals surface area (Å²) in [6.07, 6.45) is 0.850. The van der Waals surface area contributed by atoms with Gasteiger partial charge in [0.1, 0.15) is 5.82 Å². The average molecular weight is 238 g/mol. The molecule has 3 nitrogen and oxygen atoms in total. The number of halogens is 1. The van der Waals surface area contributed by atoms with Crippen LogP contribution in [-0.4, -0.2) is 11.4 Å². The molecule has 1 aromatic rings. The first kappa shape index (κ1) is 13.6. The lowest BCUT2D eigenvalue weighted by molar-refractivity contribution is -0.116. The van der Waals surface area contributed by atoms with Gasteiger partial charge in [-0.1, -0.05) is 12.1 Å². The summed E-state index contributed by atoms with van der Waals surface area (Å²) < 4.78 is 13.6. The van der Waals surface area contributed by atoms with Gasteiger partial charge in [-0.15, -0.1) is 0 Å². The molecule has 94 valence electrons. The summed E-state index contributed by atoms with van der Waals surface area (Å²) in [5.74, 6) is -0.596. The van der Waals surface area contributed by atoms with Crippen LogP contribution in [0.4, 0.5) is 10.1 Å². The molecule has 0 aliphatic carbocycles. The highest BCUT2D eigenvalue weighted by Gasteiger charge is 2.14. The second-order valence-corrected chi connectivity index (χ2v) is 4.97. The third kappa shape index (κ3) is 4.53. The molecule has 1 amide bonds. The lowest BCUT2D eigenvalue weighted by Gasteiger charge is -2.17. The number of carbonyl (C=O) groups excluding carboxylic acids is 1. The van der Waals surface area contributed by atoms with Crippen LogP contribution < -0.4 is 11.1 Å². The van der Waals surface area contributed by atoms with E-state index in [1.165, 1.54) is 0 Å². The Kier molecular flexibility index (Phi) is 4.23. The van der Waals surface area contributed by atoms with Gasteiger partial charge in [-0.05, 0) is 38.8 Å². The molecule has 0 aromatic heterocycles. The first-order valence-corrected chi connectivity index (χ1v) is 5.63. The Hall–Kier alpha value is -1.42. The van der Waals surface area contributed by atoms with E-state index < -0.39 is 0 Å². The van der Waals surface area contributed by atoms with Crippen molar-refractivity contribution in [2.45, 2.75) is 39.2 Å². The summed E-state index contributed by atoms with van der Waals surface area (Å²) in [7, 11) is 0. The van der Waals surface area contributed by atoms with Gasteiger partial charge >= 0.3 is 0 Å². The average Bonchev–Trinajstić information content (AvgIpc) is 2.21. The van der Waals surface area contributed by atoms with Crippen LogP contribution in [0.15, 0.2) is 18.2 Å². The van der Waals surface area contributed by atoms with Gasteiger partial charge in [0, 0.05) is 12.0 Å². The highest BCUT2D eigenvalue weighted by atomic mass is 19.1. The number of nitrogens with two attached hydrogens (primary N) is 1. The molecule has 0 spiro atoms. The van der Waals surface area contributed by atoms with Crippen LogP contribution in [0.2, 0.25) is 0 Å². The fraction of sp³-hybridized carbons (Fsp3) is 0.462. The summed E-state index contributed by atoms with van der Waals surface area (Å²) in [6.45, 7) is 5.37. The predicted molar refractivity (Wildman–Crippen MR) is 67.3 cm³/mol.